The Morgan fingerprint density at radius 3 is 2.60 bits per heavy atom. The van der Waals surface area contributed by atoms with Crippen molar-refractivity contribution in [3.63, 3.8) is 0 Å². The lowest BCUT2D eigenvalue weighted by atomic mass is 10.1. The van der Waals surface area contributed by atoms with Crippen molar-refractivity contribution in [2.24, 2.45) is 0 Å². The Morgan fingerprint density at radius 1 is 1.08 bits per heavy atom. The number of hydrogen-bond acceptors (Lipinski definition) is 4. The lowest BCUT2D eigenvalue weighted by molar-refractivity contribution is 0.171. The molecule has 0 radical (unpaired) electrons. The molecule has 0 saturated carbocycles. The molecule has 0 aliphatic carbocycles. The van der Waals surface area contributed by atoms with Gasteiger partial charge in [0.25, 0.3) is 0 Å². The highest BCUT2D eigenvalue weighted by Crippen LogP contribution is 2.30. The number of hydrogen-bond donors (Lipinski definition) is 2. The fraction of sp³-hybridized carbons (Fsp3) is 0.316. The van der Waals surface area contributed by atoms with E-state index in [0.29, 0.717) is 24.9 Å². The third-order valence-corrected chi connectivity index (χ3v) is 3.98. The van der Waals surface area contributed by atoms with E-state index in [4.69, 9.17) is 26.4 Å². The smallest absolute Gasteiger partial charge is 0.170 e. The first-order valence-corrected chi connectivity index (χ1v) is 8.81. The lowest BCUT2D eigenvalue weighted by Crippen LogP contribution is -2.30. The van der Waals surface area contributed by atoms with E-state index in [-0.39, 0.29) is 0 Å². The minimum atomic E-state index is 0.599. The van der Waals surface area contributed by atoms with Gasteiger partial charge in [0.05, 0.1) is 6.61 Å². The molecule has 25 heavy (non-hydrogen) atoms. The molecule has 0 saturated heterocycles. The summed E-state index contributed by atoms with van der Waals surface area (Å²) in [6, 6.07) is 13.8. The average Bonchev–Trinajstić information content (AvgIpc) is 2.63. The topological polar surface area (TPSA) is 51.8 Å². The average molecular weight is 358 g/mol. The Kier molecular flexibility index (Phi) is 5.95. The zero-order valence-electron chi connectivity index (χ0n) is 14.2. The Hall–Kier alpha value is -2.47. The van der Waals surface area contributed by atoms with Crippen LogP contribution in [0.15, 0.2) is 42.5 Å². The van der Waals surface area contributed by atoms with Crippen LogP contribution in [0, 0.1) is 0 Å². The molecule has 3 rings (SSSR count). The maximum absolute atomic E-state index is 5.60. The van der Waals surface area contributed by atoms with Gasteiger partial charge in [-0.05, 0) is 67.5 Å². The minimum absolute atomic E-state index is 0.599. The zero-order chi connectivity index (χ0) is 17.5. The Labute approximate surface area is 153 Å². The highest BCUT2D eigenvalue weighted by atomic mass is 32.1. The molecule has 0 atom stereocenters. The van der Waals surface area contributed by atoms with Crippen molar-refractivity contribution < 1.29 is 14.2 Å². The normalized spacial score (nSPS) is 12.4. The fourth-order valence-corrected chi connectivity index (χ4v) is 2.76. The van der Waals surface area contributed by atoms with Crippen LogP contribution in [0.3, 0.4) is 0 Å². The van der Waals surface area contributed by atoms with Crippen molar-refractivity contribution in [3.05, 3.63) is 48.0 Å². The first-order chi connectivity index (χ1) is 12.2. The quantitative estimate of drug-likeness (QED) is 0.772. The number of nitrogens with one attached hydrogen (secondary N) is 2. The van der Waals surface area contributed by atoms with Gasteiger partial charge in [0.15, 0.2) is 16.6 Å². The third-order valence-electron chi connectivity index (χ3n) is 3.73. The van der Waals surface area contributed by atoms with Crippen LogP contribution in [-0.4, -0.2) is 31.5 Å². The summed E-state index contributed by atoms with van der Waals surface area (Å²) in [4.78, 5) is 0. The van der Waals surface area contributed by atoms with Crippen LogP contribution in [0.2, 0.25) is 0 Å². The number of anilines is 1. The predicted molar refractivity (Wildman–Crippen MR) is 103 cm³/mol. The molecule has 0 fully saturated rings. The van der Waals surface area contributed by atoms with Crippen LogP contribution in [0.1, 0.15) is 12.5 Å². The molecule has 1 heterocycles. The monoisotopic (exact) mass is 358 g/mol. The Bertz CT molecular complexity index is 719. The van der Waals surface area contributed by atoms with Gasteiger partial charge in [-0.3, -0.25) is 0 Å². The van der Waals surface area contributed by atoms with Gasteiger partial charge < -0.3 is 24.8 Å². The Morgan fingerprint density at radius 2 is 1.84 bits per heavy atom. The van der Waals surface area contributed by atoms with Crippen molar-refractivity contribution in [3.8, 4) is 17.2 Å². The maximum atomic E-state index is 5.60. The maximum Gasteiger partial charge on any atom is 0.170 e. The van der Waals surface area contributed by atoms with Gasteiger partial charge in [-0.25, -0.2) is 0 Å². The van der Waals surface area contributed by atoms with Crippen molar-refractivity contribution in [2.45, 2.75) is 13.3 Å². The highest BCUT2D eigenvalue weighted by molar-refractivity contribution is 7.80. The molecule has 1 aliphatic heterocycles. The van der Waals surface area contributed by atoms with E-state index in [2.05, 4.69) is 16.7 Å². The van der Waals surface area contributed by atoms with Gasteiger partial charge in [-0.15, -0.1) is 0 Å². The summed E-state index contributed by atoms with van der Waals surface area (Å²) in [5.74, 6) is 2.49. The van der Waals surface area contributed by atoms with E-state index >= 15 is 0 Å². The highest BCUT2D eigenvalue weighted by Gasteiger charge is 2.11. The SMILES string of the molecule is CCOc1ccc(NC(=S)NCCc2ccc3c(c2)OCCO3)cc1. The predicted octanol–water partition coefficient (Wildman–Crippen LogP) is 3.39. The molecule has 2 aromatic carbocycles. The van der Waals surface area contributed by atoms with Crippen LogP contribution in [0.4, 0.5) is 5.69 Å². The lowest BCUT2D eigenvalue weighted by Gasteiger charge is -2.19. The molecule has 1 aliphatic rings. The third kappa shape index (κ3) is 5.00. The molecule has 132 valence electrons. The molecule has 0 unspecified atom stereocenters. The number of rotatable bonds is 6. The minimum Gasteiger partial charge on any atom is -0.494 e. The van der Waals surface area contributed by atoms with E-state index in [1.54, 1.807) is 0 Å². The van der Waals surface area contributed by atoms with E-state index in [0.717, 1.165) is 35.9 Å². The summed E-state index contributed by atoms with van der Waals surface area (Å²) >= 11 is 5.33. The second-order valence-corrected chi connectivity index (χ2v) is 5.97. The molecule has 5 nitrogen and oxygen atoms in total. The first kappa shape index (κ1) is 17.4. The van der Waals surface area contributed by atoms with Crippen LogP contribution >= 0.6 is 12.2 Å². The molecular formula is C19H22N2O3S. The molecule has 6 heteroatoms. The number of ether oxygens (including phenoxy) is 3. The zero-order valence-corrected chi connectivity index (χ0v) is 15.0. The Balaban J connectivity index is 1.44. The summed E-state index contributed by atoms with van der Waals surface area (Å²) < 4.78 is 16.6. The van der Waals surface area contributed by atoms with E-state index in [9.17, 15) is 0 Å². The largest absolute Gasteiger partial charge is 0.494 e. The molecule has 0 spiro atoms. The standard InChI is InChI=1S/C19H22N2O3S/c1-2-22-16-6-4-15(5-7-16)21-19(25)20-10-9-14-3-8-17-18(13-14)24-12-11-23-17/h3-8,13H,2,9-12H2,1H3,(H2,20,21,25). The van der Waals surface area contributed by atoms with Crippen molar-refractivity contribution in [1.82, 2.24) is 5.32 Å². The van der Waals surface area contributed by atoms with Gasteiger partial charge in [-0.1, -0.05) is 6.07 Å². The molecule has 0 amide bonds. The molecule has 2 N–H and O–H groups in total. The van der Waals surface area contributed by atoms with Crippen LogP contribution in [-0.2, 0) is 6.42 Å². The van der Waals surface area contributed by atoms with E-state index in [1.807, 2.05) is 43.3 Å². The van der Waals surface area contributed by atoms with Crippen molar-refractivity contribution in [2.75, 3.05) is 31.7 Å². The molecule has 0 aromatic heterocycles. The van der Waals surface area contributed by atoms with Gasteiger partial charge in [-0.2, -0.15) is 0 Å². The van der Waals surface area contributed by atoms with Gasteiger partial charge in [0.2, 0.25) is 0 Å². The fourth-order valence-electron chi connectivity index (χ4n) is 2.54. The molecule has 0 bridgehead atoms. The summed E-state index contributed by atoms with van der Waals surface area (Å²) in [7, 11) is 0. The second-order valence-electron chi connectivity index (χ2n) is 5.57. The second kappa shape index (κ2) is 8.58. The summed E-state index contributed by atoms with van der Waals surface area (Å²) in [5.41, 5.74) is 2.11. The van der Waals surface area contributed by atoms with E-state index < -0.39 is 0 Å². The van der Waals surface area contributed by atoms with Crippen molar-refractivity contribution in [1.29, 1.82) is 0 Å². The summed E-state index contributed by atoms with van der Waals surface area (Å²) in [5, 5.41) is 6.98. The molecule has 2 aromatic rings. The van der Waals surface area contributed by atoms with Gasteiger partial charge in [0.1, 0.15) is 19.0 Å². The van der Waals surface area contributed by atoms with Crippen LogP contribution < -0.4 is 24.8 Å². The van der Waals surface area contributed by atoms with Crippen LogP contribution in [0.25, 0.3) is 0 Å². The number of benzene rings is 2. The van der Waals surface area contributed by atoms with Gasteiger partial charge in [0, 0.05) is 12.2 Å². The molecular weight excluding hydrogens is 336 g/mol. The summed E-state index contributed by atoms with van der Waals surface area (Å²) in [6.45, 7) is 4.58. The van der Waals surface area contributed by atoms with Gasteiger partial charge >= 0.3 is 0 Å². The number of fused-ring (bicyclic) bond motifs is 1. The van der Waals surface area contributed by atoms with Crippen LogP contribution in [0.5, 0.6) is 17.2 Å². The summed E-state index contributed by atoms with van der Waals surface area (Å²) in [6.07, 6.45) is 0.849. The first-order valence-electron chi connectivity index (χ1n) is 8.41. The number of thiocarbonyl (C=S) groups is 1. The van der Waals surface area contributed by atoms with E-state index in [1.165, 1.54) is 5.56 Å². The van der Waals surface area contributed by atoms with Crippen molar-refractivity contribution >= 4 is 23.0 Å².